The van der Waals surface area contributed by atoms with Crippen molar-refractivity contribution in [2.75, 3.05) is 45.9 Å². The normalized spacial score (nSPS) is 22.6. The molecule has 1 N–H and O–H groups in total. The Kier molecular flexibility index (Phi) is 6.24. The summed E-state index contributed by atoms with van der Waals surface area (Å²) in [5.74, 6) is 0.123. The van der Waals surface area contributed by atoms with E-state index in [2.05, 4.69) is 46.3 Å². The molecule has 2 heterocycles. The highest BCUT2D eigenvalue weighted by atomic mass is 16.5. The molecule has 2 fully saturated rings. The third kappa shape index (κ3) is 5.03. The van der Waals surface area contributed by atoms with Crippen molar-refractivity contribution in [2.45, 2.75) is 32.4 Å². The number of carbonyl (C=O) groups is 1. The summed E-state index contributed by atoms with van der Waals surface area (Å²) < 4.78 is 5.54. The average Bonchev–Trinajstić information content (AvgIpc) is 3.10. The minimum Gasteiger partial charge on any atom is -0.376 e. The first-order valence-electron chi connectivity index (χ1n) is 9.08. The van der Waals surface area contributed by atoms with Crippen molar-refractivity contribution in [3.05, 3.63) is 35.4 Å². The quantitative estimate of drug-likeness (QED) is 0.856. The van der Waals surface area contributed by atoms with Crippen LogP contribution in [0.4, 0.5) is 0 Å². The summed E-state index contributed by atoms with van der Waals surface area (Å²) in [7, 11) is 0. The summed E-state index contributed by atoms with van der Waals surface area (Å²) in [4.78, 5) is 16.8. The summed E-state index contributed by atoms with van der Waals surface area (Å²) >= 11 is 0. The molecule has 3 rings (SSSR count). The summed E-state index contributed by atoms with van der Waals surface area (Å²) in [6.07, 6.45) is 2.40. The lowest BCUT2D eigenvalue weighted by atomic mass is 10.1. The standard InChI is InChI=1S/C19H29N3O2/c1-16-5-2-3-6-17(16)14-21-8-10-22(11-9-21)15-19(23)20-13-18-7-4-12-24-18/h2-3,5-6,18H,4,7-15H2,1H3,(H,20,23). The summed E-state index contributed by atoms with van der Waals surface area (Å²) in [6.45, 7) is 9.13. The van der Waals surface area contributed by atoms with E-state index < -0.39 is 0 Å². The Hall–Kier alpha value is -1.43. The zero-order valence-corrected chi connectivity index (χ0v) is 14.7. The topological polar surface area (TPSA) is 44.8 Å². The zero-order chi connectivity index (χ0) is 16.8. The largest absolute Gasteiger partial charge is 0.376 e. The summed E-state index contributed by atoms with van der Waals surface area (Å²) in [5.41, 5.74) is 2.76. The van der Waals surface area contributed by atoms with Crippen LogP contribution in [0.1, 0.15) is 24.0 Å². The van der Waals surface area contributed by atoms with Crippen molar-refractivity contribution in [3.8, 4) is 0 Å². The van der Waals surface area contributed by atoms with E-state index in [-0.39, 0.29) is 12.0 Å². The van der Waals surface area contributed by atoms with Crippen LogP contribution in [0.3, 0.4) is 0 Å². The maximum absolute atomic E-state index is 12.1. The van der Waals surface area contributed by atoms with Crippen LogP contribution in [0.2, 0.25) is 0 Å². The van der Waals surface area contributed by atoms with Crippen LogP contribution in [-0.4, -0.2) is 67.7 Å². The van der Waals surface area contributed by atoms with E-state index in [4.69, 9.17) is 4.74 Å². The molecule has 5 nitrogen and oxygen atoms in total. The monoisotopic (exact) mass is 331 g/mol. The molecule has 1 aromatic carbocycles. The molecule has 2 aliphatic heterocycles. The van der Waals surface area contributed by atoms with Gasteiger partial charge in [0.1, 0.15) is 0 Å². The first-order chi connectivity index (χ1) is 11.7. The van der Waals surface area contributed by atoms with Crippen molar-refractivity contribution >= 4 is 5.91 Å². The van der Waals surface area contributed by atoms with Crippen LogP contribution in [0.5, 0.6) is 0 Å². The fourth-order valence-electron chi connectivity index (χ4n) is 3.43. The molecule has 2 aliphatic rings. The van der Waals surface area contributed by atoms with Gasteiger partial charge in [0.15, 0.2) is 0 Å². The van der Waals surface area contributed by atoms with Crippen LogP contribution >= 0.6 is 0 Å². The third-order valence-electron chi connectivity index (χ3n) is 5.04. The Bertz CT molecular complexity index is 535. The lowest BCUT2D eigenvalue weighted by Gasteiger charge is -2.34. The Morgan fingerprint density at radius 1 is 1.21 bits per heavy atom. The summed E-state index contributed by atoms with van der Waals surface area (Å²) in [5, 5.41) is 3.01. The minimum atomic E-state index is 0.123. The molecule has 0 saturated carbocycles. The van der Waals surface area contributed by atoms with Crippen molar-refractivity contribution in [1.29, 1.82) is 0 Å². The molecule has 0 spiro atoms. The fourth-order valence-corrected chi connectivity index (χ4v) is 3.43. The van der Waals surface area contributed by atoms with E-state index >= 15 is 0 Å². The van der Waals surface area contributed by atoms with E-state index in [1.807, 2.05) is 0 Å². The van der Waals surface area contributed by atoms with E-state index in [1.54, 1.807) is 0 Å². The highest BCUT2D eigenvalue weighted by Gasteiger charge is 2.20. The first kappa shape index (κ1) is 17.4. The second kappa shape index (κ2) is 8.60. The lowest BCUT2D eigenvalue weighted by molar-refractivity contribution is -0.123. The Balaban J connectivity index is 1.35. The van der Waals surface area contributed by atoms with E-state index in [1.165, 1.54) is 11.1 Å². The van der Waals surface area contributed by atoms with Crippen molar-refractivity contribution < 1.29 is 9.53 Å². The van der Waals surface area contributed by atoms with Crippen LogP contribution in [-0.2, 0) is 16.1 Å². The van der Waals surface area contributed by atoms with E-state index in [9.17, 15) is 4.79 Å². The van der Waals surface area contributed by atoms with Gasteiger partial charge in [-0.15, -0.1) is 0 Å². The van der Waals surface area contributed by atoms with Gasteiger partial charge in [0.2, 0.25) is 5.91 Å². The molecule has 1 atom stereocenters. The van der Waals surface area contributed by atoms with E-state index in [0.29, 0.717) is 13.1 Å². The van der Waals surface area contributed by atoms with Gasteiger partial charge in [0.25, 0.3) is 0 Å². The number of aryl methyl sites for hydroxylation is 1. The first-order valence-corrected chi connectivity index (χ1v) is 9.08. The predicted molar refractivity (Wildman–Crippen MR) is 94.9 cm³/mol. The molecule has 0 aliphatic carbocycles. The molecule has 2 saturated heterocycles. The molecule has 132 valence electrons. The molecular weight excluding hydrogens is 302 g/mol. The maximum Gasteiger partial charge on any atom is 0.234 e. The molecule has 5 heteroatoms. The summed E-state index contributed by atoms with van der Waals surface area (Å²) in [6, 6.07) is 8.58. The van der Waals surface area contributed by atoms with Gasteiger partial charge in [-0.05, 0) is 30.9 Å². The number of hydrogen-bond acceptors (Lipinski definition) is 4. The number of benzene rings is 1. The van der Waals surface area contributed by atoms with Gasteiger partial charge in [-0.1, -0.05) is 24.3 Å². The second-order valence-electron chi connectivity index (χ2n) is 6.92. The molecular formula is C19H29N3O2. The molecule has 1 aromatic rings. The van der Waals surface area contributed by atoms with E-state index in [0.717, 1.165) is 52.2 Å². The number of rotatable bonds is 6. The Morgan fingerprint density at radius 2 is 1.96 bits per heavy atom. The third-order valence-corrected chi connectivity index (χ3v) is 5.04. The van der Waals surface area contributed by atoms with Crippen LogP contribution in [0.25, 0.3) is 0 Å². The average molecular weight is 331 g/mol. The number of hydrogen-bond donors (Lipinski definition) is 1. The predicted octanol–water partition coefficient (Wildman–Crippen LogP) is 1.41. The van der Waals surface area contributed by atoms with Crippen LogP contribution in [0, 0.1) is 6.92 Å². The molecule has 1 amide bonds. The van der Waals surface area contributed by atoms with Crippen molar-refractivity contribution in [3.63, 3.8) is 0 Å². The highest BCUT2D eigenvalue weighted by Crippen LogP contribution is 2.13. The second-order valence-corrected chi connectivity index (χ2v) is 6.92. The van der Waals surface area contributed by atoms with Gasteiger partial charge in [0.05, 0.1) is 12.6 Å². The Labute approximate surface area is 145 Å². The number of nitrogens with one attached hydrogen (secondary N) is 1. The van der Waals surface area contributed by atoms with Gasteiger partial charge >= 0.3 is 0 Å². The maximum atomic E-state index is 12.1. The smallest absolute Gasteiger partial charge is 0.234 e. The minimum absolute atomic E-state index is 0.123. The van der Waals surface area contributed by atoms with Gasteiger partial charge < -0.3 is 10.1 Å². The van der Waals surface area contributed by atoms with Crippen molar-refractivity contribution in [2.24, 2.45) is 0 Å². The Morgan fingerprint density at radius 3 is 2.67 bits per heavy atom. The number of carbonyl (C=O) groups excluding carboxylic acids is 1. The van der Waals surface area contributed by atoms with Crippen LogP contribution < -0.4 is 5.32 Å². The molecule has 24 heavy (non-hydrogen) atoms. The number of nitrogens with zero attached hydrogens (tertiary/aromatic N) is 2. The van der Waals surface area contributed by atoms with Gasteiger partial charge in [0, 0.05) is 45.9 Å². The van der Waals surface area contributed by atoms with Gasteiger partial charge in [-0.25, -0.2) is 0 Å². The molecule has 0 radical (unpaired) electrons. The fraction of sp³-hybridized carbons (Fsp3) is 0.632. The van der Waals surface area contributed by atoms with Crippen LogP contribution in [0.15, 0.2) is 24.3 Å². The lowest BCUT2D eigenvalue weighted by Crippen LogP contribution is -2.49. The zero-order valence-electron chi connectivity index (χ0n) is 14.7. The highest BCUT2D eigenvalue weighted by molar-refractivity contribution is 5.78. The number of amides is 1. The molecule has 1 unspecified atom stereocenters. The number of piperazine rings is 1. The van der Waals surface area contributed by atoms with Crippen molar-refractivity contribution in [1.82, 2.24) is 15.1 Å². The van der Waals surface area contributed by atoms with Gasteiger partial charge in [-0.2, -0.15) is 0 Å². The SMILES string of the molecule is Cc1ccccc1CN1CCN(CC(=O)NCC2CCCO2)CC1. The van der Waals surface area contributed by atoms with Gasteiger partial charge in [-0.3, -0.25) is 14.6 Å². The number of ether oxygens (including phenoxy) is 1. The molecule has 0 bridgehead atoms. The molecule has 0 aromatic heterocycles.